The third-order valence-electron chi connectivity index (χ3n) is 4.27. The molecule has 1 atom stereocenters. The van der Waals surface area contributed by atoms with Crippen LogP contribution in [0.15, 0.2) is 29.0 Å². The summed E-state index contributed by atoms with van der Waals surface area (Å²) >= 11 is 0. The van der Waals surface area contributed by atoms with E-state index in [-0.39, 0.29) is 22.8 Å². The maximum Gasteiger partial charge on any atom is 0.341 e. The Balaban J connectivity index is 2.26. The molecule has 1 aliphatic heterocycles. The van der Waals surface area contributed by atoms with E-state index in [1.807, 2.05) is 6.07 Å². The summed E-state index contributed by atoms with van der Waals surface area (Å²) in [5.74, 6) is -1.07. The Bertz CT molecular complexity index is 841. The van der Waals surface area contributed by atoms with Crippen molar-refractivity contribution >= 4 is 11.8 Å². The zero-order valence-electron chi connectivity index (χ0n) is 13.3. The van der Waals surface area contributed by atoms with Crippen LogP contribution in [0.4, 0.5) is 0 Å². The van der Waals surface area contributed by atoms with Crippen LogP contribution in [-0.2, 0) is 21.3 Å². The Labute approximate surface area is 138 Å². The number of carbonyl (C=O) groups excluding carboxylic acids is 2. The van der Waals surface area contributed by atoms with Gasteiger partial charge in [0.05, 0.1) is 24.9 Å². The predicted molar refractivity (Wildman–Crippen MR) is 81.1 cm³/mol. The highest BCUT2D eigenvalue weighted by atomic mass is 16.5. The second kappa shape index (κ2) is 5.85. The largest absolute Gasteiger partial charge is 0.465 e. The molecule has 0 spiro atoms. The Morgan fingerprint density at radius 2 is 2.29 bits per heavy atom. The molecule has 0 unspecified atom stereocenters. The second-order valence-electron chi connectivity index (χ2n) is 5.60. The van der Waals surface area contributed by atoms with Gasteiger partial charge in [0.2, 0.25) is 5.88 Å². The Morgan fingerprint density at radius 1 is 1.54 bits per heavy atom. The Morgan fingerprint density at radius 3 is 2.96 bits per heavy atom. The zero-order chi connectivity index (χ0) is 17.4. The standard InChI is InChI=1S/C16H16N4O4/c1-20-14(9(7-19-20)16(22)23-2)12-8(6-17)15(18)24-11-5-3-4-10(21)13(11)12/h7,12H,3-5,18H2,1-2H3/t12-/m1/s1. The number of ether oxygens (including phenoxy) is 2. The highest BCUT2D eigenvalue weighted by molar-refractivity contribution is 6.00. The first kappa shape index (κ1) is 15.8. The van der Waals surface area contributed by atoms with Crippen molar-refractivity contribution in [3.63, 3.8) is 0 Å². The molecule has 8 heteroatoms. The number of hydrogen-bond acceptors (Lipinski definition) is 7. The predicted octanol–water partition coefficient (Wildman–Crippen LogP) is 1.02. The number of allylic oxidation sites excluding steroid dienone is 3. The van der Waals surface area contributed by atoms with E-state index in [2.05, 4.69) is 5.10 Å². The van der Waals surface area contributed by atoms with Gasteiger partial charge in [0, 0.05) is 25.5 Å². The number of carbonyl (C=O) groups is 2. The molecular formula is C16H16N4O4. The molecule has 0 aromatic carbocycles. The fourth-order valence-corrected chi connectivity index (χ4v) is 3.19. The van der Waals surface area contributed by atoms with Gasteiger partial charge < -0.3 is 15.2 Å². The average molecular weight is 328 g/mol. The second-order valence-corrected chi connectivity index (χ2v) is 5.60. The summed E-state index contributed by atoms with van der Waals surface area (Å²) in [6.45, 7) is 0. The zero-order valence-corrected chi connectivity index (χ0v) is 13.3. The van der Waals surface area contributed by atoms with Crippen molar-refractivity contribution in [2.45, 2.75) is 25.2 Å². The summed E-state index contributed by atoms with van der Waals surface area (Å²) < 4.78 is 11.7. The summed E-state index contributed by atoms with van der Waals surface area (Å²) in [5, 5.41) is 13.6. The average Bonchev–Trinajstić information content (AvgIpc) is 2.94. The number of esters is 1. The molecule has 0 saturated heterocycles. The van der Waals surface area contributed by atoms with Crippen LogP contribution in [0.2, 0.25) is 0 Å². The van der Waals surface area contributed by atoms with Gasteiger partial charge in [0.25, 0.3) is 0 Å². The van der Waals surface area contributed by atoms with Crippen molar-refractivity contribution in [1.29, 1.82) is 5.26 Å². The van der Waals surface area contributed by atoms with Gasteiger partial charge in [-0.1, -0.05) is 0 Å². The monoisotopic (exact) mass is 328 g/mol. The number of nitriles is 1. The fourth-order valence-electron chi connectivity index (χ4n) is 3.19. The lowest BCUT2D eigenvalue weighted by atomic mass is 9.78. The van der Waals surface area contributed by atoms with E-state index in [0.29, 0.717) is 36.3 Å². The van der Waals surface area contributed by atoms with Crippen LogP contribution in [-0.4, -0.2) is 28.6 Å². The molecule has 24 heavy (non-hydrogen) atoms. The lowest BCUT2D eigenvalue weighted by molar-refractivity contribution is -0.116. The van der Waals surface area contributed by atoms with Gasteiger partial charge in [-0.2, -0.15) is 10.4 Å². The number of methoxy groups -OCH3 is 1. The fraction of sp³-hybridized carbons (Fsp3) is 0.375. The highest BCUT2D eigenvalue weighted by Gasteiger charge is 2.41. The Kier molecular flexibility index (Phi) is 3.85. The minimum absolute atomic E-state index is 0.0482. The van der Waals surface area contributed by atoms with Crippen molar-refractivity contribution < 1.29 is 19.1 Å². The van der Waals surface area contributed by atoms with Gasteiger partial charge in [-0.25, -0.2) is 4.79 Å². The van der Waals surface area contributed by atoms with Crippen LogP contribution in [0, 0.1) is 11.3 Å². The van der Waals surface area contributed by atoms with E-state index in [9.17, 15) is 14.9 Å². The van der Waals surface area contributed by atoms with Crippen molar-refractivity contribution in [1.82, 2.24) is 9.78 Å². The van der Waals surface area contributed by atoms with Gasteiger partial charge in [-0.15, -0.1) is 0 Å². The van der Waals surface area contributed by atoms with Gasteiger partial charge in [-0.05, 0) is 6.42 Å². The normalized spacial score (nSPS) is 20.4. The number of hydrogen-bond donors (Lipinski definition) is 1. The molecule has 0 fully saturated rings. The number of nitrogens with zero attached hydrogens (tertiary/aromatic N) is 3. The van der Waals surface area contributed by atoms with E-state index >= 15 is 0 Å². The lowest BCUT2D eigenvalue weighted by Gasteiger charge is -2.31. The molecule has 0 radical (unpaired) electrons. The molecule has 3 rings (SSSR count). The van der Waals surface area contributed by atoms with E-state index < -0.39 is 11.9 Å². The molecule has 1 aromatic heterocycles. The van der Waals surface area contributed by atoms with Crippen LogP contribution in [0.3, 0.4) is 0 Å². The summed E-state index contributed by atoms with van der Waals surface area (Å²) in [7, 11) is 2.89. The number of aromatic nitrogens is 2. The molecule has 1 aliphatic carbocycles. The van der Waals surface area contributed by atoms with Crippen LogP contribution in [0.1, 0.15) is 41.2 Å². The van der Waals surface area contributed by atoms with Crippen LogP contribution < -0.4 is 5.73 Å². The van der Waals surface area contributed by atoms with E-state index in [1.54, 1.807) is 7.05 Å². The first-order valence-electron chi connectivity index (χ1n) is 7.43. The smallest absolute Gasteiger partial charge is 0.341 e. The lowest BCUT2D eigenvalue weighted by Crippen LogP contribution is -2.29. The van der Waals surface area contributed by atoms with Crippen molar-refractivity contribution in [3.05, 3.63) is 40.2 Å². The van der Waals surface area contributed by atoms with Gasteiger partial charge in [0.1, 0.15) is 23.0 Å². The molecule has 2 heterocycles. The maximum absolute atomic E-state index is 12.5. The van der Waals surface area contributed by atoms with Gasteiger partial charge in [0.15, 0.2) is 5.78 Å². The van der Waals surface area contributed by atoms with Gasteiger partial charge >= 0.3 is 5.97 Å². The first-order chi connectivity index (χ1) is 11.5. The van der Waals surface area contributed by atoms with Crippen LogP contribution >= 0.6 is 0 Å². The molecule has 0 amide bonds. The molecule has 124 valence electrons. The van der Waals surface area contributed by atoms with Gasteiger partial charge in [-0.3, -0.25) is 9.48 Å². The number of ketones is 1. The van der Waals surface area contributed by atoms with Crippen molar-refractivity contribution in [2.75, 3.05) is 7.11 Å². The summed E-state index contributed by atoms with van der Waals surface area (Å²) in [4.78, 5) is 24.6. The molecule has 2 N–H and O–H groups in total. The topological polar surface area (TPSA) is 120 Å². The van der Waals surface area contributed by atoms with Crippen molar-refractivity contribution in [3.8, 4) is 6.07 Å². The molecular weight excluding hydrogens is 312 g/mol. The summed E-state index contributed by atoms with van der Waals surface area (Å²) in [5.41, 5.74) is 6.95. The molecule has 8 nitrogen and oxygen atoms in total. The van der Waals surface area contributed by atoms with E-state index in [1.165, 1.54) is 18.0 Å². The highest BCUT2D eigenvalue weighted by Crippen LogP contribution is 2.44. The number of Topliss-reactive ketones (excluding diaryl/α,β-unsaturated/α-hetero) is 1. The first-order valence-corrected chi connectivity index (χ1v) is 7.43. The SMILES string of the molecule is COC(=O)c1cnn(C)c1[C@@H]1C(C#N)=C(N)OC2=C1C(=O)CCC2. The number of rotatable bonds is 2. The minimum atomic E-state index is -0.784. The summed E-state index contributed by atoms with van der Waals surface area (Å²) in [6, 6.07) is 2.01. The Hall–Kier alpha value is -3.08. The van der Waals surface area contributed by atoms with Crippen LogP contribution in [0.25, 0.3) is 0 Å². The molecule has 2 aliphatic rings. The molecule has 0 bridgehead atoms. The quantitative estimate of drug-likeness (QED) is 0.805. The third kappa shape index (κ3) is 2.25. The van der Waals surface area contributed by atoms with E-state index in [4.69, 9.17) is 15.2 Å². The van der Waals surface area contributed by atoms with Crippen LogP contribution in [0.5, 0.6) is 0 Å². The summed E-state index contributed by atoms with van der Waals surface area (Å²) in [6.07, 6.45) is 2.94. The molecule has 0 saturated carbocycles. The van der Waals surface area contributed by atoms with Crippen molar-refractivity contribution in [2.24, 2.45) is 12.8 Å². The molecule has 1 aromatic rings. The maximum atomic E-state index is 12.5. The minimum Gasteiger partial charge on any atom is -0.465 e. The number of nitrogens with two attached hydrogens (primary N) is 1. The number of aryl methyl sites for hydroxylation is 1. The van der Waals surface area contributed by atoms with E-state index in [0.717, 1.165) is 0 Å². The third-order valence-corrected chi connectivity index (χ3v) is 4.27.